The van der Waals surface area contributed by atoms with Crippen LogP contribution in [0.4, 0.5) is 0 Å². The molecule has 0 saturated heterocycles. The number of nitrogens with zero attached hydrogens (tertiary/aromatic N) is 1. The molecule has 1 aromatic carbocycles. The van der Waals surface area contributed by atoms with Crippen LogP contribution in [-0.4, -0.2) is 0 Å². The van der Waals surface area contributed by atoms with Crippen LogP contribution in [0, 0.1) is 17.2 Å². The van der Waals surface area contributed by atoms with E-state index in [9.17, 15) is 0 Å². The van der Waals surface area contributed by atoms with Gasteiger partial charge in [-0.2, -0.15) is 5.26 Å². The molecule has 1 N–H and O–H groups in total. The van der Waals surface area contributed by atoms with E-state index in [1.54, 1.807) is 11.3 Å². The van der Waals surface area contributed by atoms with E-state index in [2.05, 4.69) is 49.5 Å². The molecule has 1 atom stereocenters. The standard InChI is InChI=1S/C16H18N2S/c1-12(2)16(13-6-4-3-5-7-13)18-11-15-9-8-14(10-17)19-15/h3-9,12,16,18H,11H2,1-2H3. The van der Waals surface area contributed by atoms with Crippen LogP contribution in [0.3, 0.4) is 0 Å². The van der Waals surface area contributed by atoms with E-state index in [0.717, 1.165) is 11.4 Å². The van der Waals surface area contributed by atoms with E-state index in [1.165, 1.54) is 10.4 Å². The Morgan fingerprint density at radius 3 is 2.47 bits per heavy atom. The second kappa shape index (κ2) is 6.51. The summed E-state index contributed by atoms with van der Waals surface area (Å²) < 4.78 is 0. The van der Waals surface area contributed by atoms with E-state index >= 15 is 0 Å². The number of thiophene rings is 1. The van der Waals surface area contributed by atoms with Gasteiger partial charge in [-0.25, -0.2) is 0 Å². The molecule has 1 aromatic heterocycles. The quantitative estimate of drug-likeness (QED) is 0.887. The molecule has 0 saturated carbocycles. The molecule has 3 heteroatoms. The van der Waals surface area contributed by atoms with Crippen molar-refractivity contribution in [1.82, 2.24) is 5.32 Å². The fraction of sp³-hybridized carbons (Fsp3) is 0.312. The SMILES string of the molecule is CC(C)C(NCc1ccc(C#N)s1)c1ccccc1. The number of hydrogen-bond acceptors (Lipinski definition) is 3. The molecule has 0 aliphatic carbocycles. The lowest BCUT2D eigenvalue weighted by Crippen LogP contribution is -2.24. The van der Waals surface area contributed by atoms with Crippen molar-refractivity contribution in [2.75, 3.05) is 0 Å². The fourth-order valence-corrected chi connectivity index (χ4v) is 2.90. The van der Waals surface area contributed by atoms with Gasteiger partial charge in [0.15, 0.2) is 0 Å². The molecule has 0 bridgehead atoms. The molecule has 2 rings (SSSR count). The lowest BCUT2D eigenvalue weighted by atomic mass is 9.96. The lowest BCUT2D eigenvalue weighted by Gasteiger charge is -2.22. The van der Waals surface area contributed by atoms with Gasteiger partial charge in [0.1, 0.15) is 10.9 Å². The molecule has 0 aliphatic heterocycles. The predicted molar refractivity (Wildman–Crippen MR) is 79.9 cm³/mol. The Hall–Kier alpha value is -1.63. The Balaban J connectivity index is 2.04. The molecular weight excluding hydrogens is 252 g/mol. The van der Waals surface area contributed by atoms with Crippen LogP contribution < -0.4 is 5.32 Å². The first-order valence-corrected chi connectivity index (χ1v) is 7.29. The number of hydrogen-bond donors (Lipinski definition) is 1. The monoisotopic (exact) mass is 270 g/mol. The Labute approximate surface area is 118 Å². The number of nitrogens with one attached hydrogen (secondary N) is 1. The maximum atomic E-state index is 8.83. The van der Waals surface area contributed by atoms with Crippen LogP contribution >= 0.6 is 11.3 Å². The van der Waals surface area contributed by atoms with Crippen LogP contribution in [0.15, 0.2) is 42.5 Å². The summed E-state index contributed by atoms with van der Waals surface area (Å²) >= 11 is 1.56. The molecule has 19 heavy (non-hydrogen) atoms. The fourth-order valence-electron chi connectivity index (χ4n) is 2.14. The second-order valence-corrected chi connectivity index (χ2v) is 6.06. The van der Waals surface area contributed by atoms with Crippen molar-refractivity contribution in [1.29, 1.82) is 5.26 Å². The molecule has 2 aromatic rings. The third kappa shape index (κ3) is 3.66. The highest BCUT2D eigenvalue weighted by Crippen LogP contribution is 2.23. The van der Waals surface area contributed by atoms with Crippen molar-refractivity contribution >= 4 is 11.3 Å². The molecule has 0 radical (unpaired) electrons. The van der Waals surface area contributed by atoms with Crippen molar-refractivity contribution in [3.63, 3.8) is 0 Å². The third-order valence-corrected chi connectivity index (χ3v) is 4.08. The third-order valence-electron chi connectivity index (χ3n) is 3.09. The summed E-state index contributed by atoms with van der Waals surface area (Å²) in [6.07, 6.45) is 0. The summed E-state index contributed by atoms with van der Waals surface area (Å²) in [7, 11) is 0. The zero-order chi connectivity index (χ0) is 13.7. The first kappa shape index (κ1) is 13.8. The molecular formula is C16H18N2S. The van der Waals surface area contributed by atoms with Gasteiger partial charge in [0.05, 0.1) is 0 Å². The van der Waals surface area contributed by atoms with Gasteiger partial charge in [-0.05, 0) is 23.6 Å². The first-order chi connectivity index (χ1) is 9.20. The van der Waals surface area contributed by atoms with Gasteiger partial charge in [0.2, 0.25) is 0 Å². The van der Waals surface area contributed by atoms with Crippen LogP contribution in [0.2, 0.25) is 0 Å². The maximum Gasteiger partial charge on any atom is 0.110 e. The Kier molecular flexibility index (Phi) is 4.73. The first-order valence-electron chi connectivity index (χ1n) is 6.48. The number of nitriles is 1. The molecule has 98 valence electrons. The Morgan fingerprint density at radius 1 is 1.16 bits per heavy atom. The van der Waals surface area contributed by atoms with Crippen molar-refractivity contribution in [3.05, 3.63) is 57.8 Å². The van der Waals surface area contributed by atoms with E-state index in [0.29, 0.717) is 12.0 Å². The topological polar surface area (TPSA) is 35.8 Å². The Bertz CT molecular complexity index is 552. The largest absolute Gasteiger partial charge is 0.305 e. The molecule has 1 unspecified atom stereocenters. The zero-order valence-electron chi connectivity index (χ0n) is 11.3. The van der Waals surface area contributed by atoms with E-state index in [4.69, 9.17) is 5.26 Å². The van der Waals surface area contributed by atoms with Gasteiger partial charge in [0.25, 0.3) is 0 Å². The number of benzene rings is 1. The van der Waals surface area contributed by atoms with Gasteiger partial charge in [-0.3, -0.25) is 0 Å². The average Bonchev–Trinajstić information content (AvgIpc) is 2.88. The highest BCUT2D eigenvalue weighted by atomic mass is 32.1. The second-order valence-electron chi connectivity index (χ2n) is 4.89. The number of rotatable bonds is 5. The van der Waals surface area contributed by atoms with Gasteiger partial charge >= 0.3 is 0 Å². The summed E-state index contributed by atoms with van der Waals surface area (Å²) in [5, 5.41) is 12.4. The highest BCUT2D eigenvalue weighted by Gasteiger charge is 2.15. The van der Waals surface area contributed by atoms with Crippen LogP contribution in [0.25, 0.3) is 0 Å². The minimum absolute atomic E-state index is 0.342. The summed E-state index contributed by atoms with van der Waals surface area (Å²) in [6, 6.07) is 16.9. The van der Waals surface area contributed by atoms with Crippen LogP contribution in [-0.2, 0) is 6.54 Å². The van der Waals surface area contributed by atoms with Crippen molar-refractivity contribution in [2.24, 2.45) is 5.92 Å². The van der Waals surface area contributed by atoms with Gasteiger partial charge in [-0.15, -0.1) is 11.3 Å². The highest BCUT2D eigenvalue weighted by molar-refractivity contribution is 7.12. The molecule has 0 aliphatic rings. The van der Waals surface area contributed by atoms with Crippen molar-refractivity contribution in [3.8, 4) is 6.07 Å². The molecule has 0 amide bonds. The summed E-state index contributed by atoms with van der Waals surface area (Å²) in [5.74, 6) is 0.526. The molecule has 0 fully saturated rings. The van der Waals surface area contributed by atoms with E-state index in [-0.39, 0.29) is 0 Å². The smallest absolute Gasteiger partial charge is 0.110 e. The van der Waals surface area contributed by atoms with Crippen LogP contribution in [0.1, 0.15) is 35.2 Å². The van der Waals surface area contributed by atoms with E-state index < -0.39 is 0 Å². The predicted octanol–water partition coefficient (Wildman–Crippen LogP) is 4.11. The lowest BCUT2D eigenvalue weighted by molar-refractivity contribution is 0.412. The average molecular weight is 270 g/mol. The summed E-state index contributed by atoms with van der Waals surface area (Å²) in [5.41, 5.74) is 1.31. The van der Waals surface area contributed by atoms with Gasteiger partial charge < -0.3 is 5.32 Å². The maximum absolute atomic E-state index is 8.83. The zero-order valence-corrected chi connectivity index (χ0v) is 12.1. The van der Waals surface area contributed by atoms with Gasteiger partial charge in [-0.1, -0.05) is 44.2 Å². The van der Waals surface area contributed by atoms with Gasteiger partial charge in [0, 0.05) is 17.5 Å². The Morgan fingerprint density at radius 2 is 1.89 bits per heavy atom. The van der Waals surface area contributed by atoms with Crippen LogP contribution in [0.5, 0.6) is 0 Å². The van der Waals surface area contributed by atoms with E-state index in [1.807, 2.05) is 18.2 Å². The van der Waals surface area contributed by atoms with Crippen molar-refractivity contribution in [2.45, 2.75) is 26.4 Å². The summed E-state index contributed by atoms with van der Waals surface area (Å²) in [6.45, 7) is 5.25. The minimum Gasteiger partial charge on any atom is -0.305 e. The summed E-state index contributed by atoms with van der Waals surface area (Å²) in [4.78, 5) is 1.98. The minimum atomic E-state index is 0.342. The van der Waals surface area contributed by atoms with Crippen molar-refractivity contribution < 1.29 is 0 Å². The molecule has 0 spiro atoms. The normalized spacial score (nSPS) is 12.3. The molecule has 2 nitrogen and oxygen atoms in total. The molecule has 1 heterocycles.